The van der Waals surface area contributed by atoms with Crippen LogP contribution in [0, 0.1) is 6.92 Å². The predicted molar refractivity (Wildman–Crippen MR) is 97.5 cm³/mol. The lowest BCUT2D eigenvalue weighted by atomic mass is 9.99. The van der Waals surface area contributed by atoms with Crippen LogP contribution in [0.1, 0.15) is 37.3 Å². The molecule has 1 amide bonds. The fraction of sp³-hybridized carbons (Fsp3) is 0.650. The highest BCUT2D eigenvalue weighted by atomic mass is 16.2. The molecule has 4 heteroatoms. The molecule has 2 heterocycles. The SMILES string of the molecule is Cc1ccc2c(c1)CCCN2C(=O)CN1CCN(C2CC2)CC1C. The van der Waals surface area contributed by atoms with Gasteiger partial charge in [-0.2, -0.15) is 0 Å². The Bertz CT molecular complexity index is 625. The summed E-state index contributed by atoms with van der Waals surface area (Å²) in [4.78, 5) is 20.0. The molecule has 24 heavy (non-hydrogen) atoms. The molecule has 130 valence electrons. The number of fused-ring (bicyclic) bond motifs is 1. The summed E-state index contributed by atoms with van der Waals surface area (Å²) in [5.41, 5.74) is 3.76. The molecule has 0 bridgehead atoms. The Morgan fingerprint density at radius 1 is 1.21 bits per heavy atom. The van der Waals surface area contributed by atoms with Crippen molar-refractivity contribution in [1.82, 2.24) is 9.80 Å². The smallest absolute Gasteiger partial charge is 0.241 e. The summed E-state index contributed by atoms with van der Waals surface area (Å²) in [6, 6.07) is 7.82. The lowest BCUT2D eigenvalue weighted by Crippen LogP contribution is -2.55. The second kappa shape index (κ2) is 6.49. The monoisotopic (exact) mass is 327 g/mol. The van der Waals surface area contributed by atoms with Gasteiger partial charge in [0.1, 0.15) is 0 Å². The van der Waals surface area contributed by atoms with E-state index in [1.807, 2.05) is 4.90 Å². The molecule has 0 aromatic heterocycles. The summed E-state index contributed by atoms with van der Waals surface area (Å²) in [6.07, 6.45) is 4.91. The summed E-state index contributed by atoms with van der Waals surface area (Å²) >= 11 is 0. The van der Waals surface area contributed by atoms with E-state index in [0.717, 1.165) is 50.7 Å². The molecule has 1 aliphatic carbocycles. The van der Waals surface area contributed by atoms with Crippen molar-refractivity contribution in [3.8, 4) is 0 Å². The van der Waals surface area contributed by atoms with Gasteiger partial charge in [-0.25, -0.2) is 0 Å². The molecule has 3 aliphatic rings. The normalized spacial score (nSPS) is 25.6. The third-order valence-corrected chi connectivity index (χ3v) is 5.85. The number of anilines is 1. The van der Waals surface area contributed by atoms with Crippen LogP contribution in [0.2, 0.25) is 0 Å². The zero-order valence-electron chi connectivity index (χ0n) is 15.0. The fourth-order valence-corrected chi connectivity index (χ4v) is 4.27. The van der Waals surface area contributed by atoms with Crippen LogP contribution in [0.3, 0.4) is 0 Å². The van der Waals surface area contributed by atoms with Crippen molar-refractivity contribution in [2.75, 3.05) is 37.6 Å². The van der Waals surface area contributed by atoms with Gasteiger partial charge in [-0.15, -0.1) is 0 Å². The molecule has 1 atom stereocenters. The first-order chi connectivity index (χ1) is 11.6. The van der Waals surface area contributed by atoms with Crippen LogP contribution in [0.25, 0.3) is 0 Å². The number of piperazine rings is 1. The van der Waals surface area contributed by atoms with Crippen molar-refractivity contribution in [1.29, 1.82) is 0 Å². The van der Waals surface area contributed by atoms with E-state index in [1.54, 1.807) is 0 Å². The molecule has 1 aromatic rings. The lowest BCUT2D eigenvalue weighted by Gasteiger charge is -2.40. The standard InChI is InChI=1S/C20H29N3O/c1-15-5-8-19-17(12-15)4-3-9-23(19)20(24)14-21-10-11-22(13-16(21)2)18-6-7-18/h5,8,12,16,18H,3-4,6-7,9-11,13-14H2,1-2H3. The van der Waals surface area contributed by atoms with Crippen LogP contribution in [0.15, 0.2) is 18.2 Å². The van der Waals surface area contributed by atoms with Gasteiger partial charge in [-0.1, -0.05) is 17.7 Å². The summed E-state index contributed by atoms with van der Waals surface area (Å²) < 4.78 is 0. The average molecular weight is 327 g/mol. The van der Waals surface area contributed by atoms with E-state index in [1.165, 1.54) is 24.0 Å². The minimum absolute atomic E-state index is 0.270. The maximum absolute atomic E-state index is 13.0. The number of carbonyl (C=O) groups is 1. The number of amides is 1. The summed E-state index contributed by atoms with van der Waals surface area (Å²) in [5.74, 6) is 0.270. The summed E-state index contributed by atoms with van der Waals surface area (Å²) in [6.45, 7) is 9.10. The molecule has 4 rings (SSSR count). The van der Waals surface area contributed by atoms with Crippen LogP contribution < -0.4 is 4.90 Å². The molecule has 0 radical (unpaired) electrons. The van der Waals surface area contributed by atoms with Gasteiger partial charge in [0.15, 0.2) is 0 Å². The zero-order chi connectivity index (χ0) is 16.7. The van der Waals surface area contributed by atoms with Crippen LogP contribution in [-0.2, 0) is 11.2 Å². The minimum atomic E-state index is 0.270. The molecular formula is C20H29N3O. The van der Waals surface area contributed by atoms with Crippen molar-refractivity contribution >= 4 is 11.6 Å². The van der Waals surface area contributed by atoms with E-state index in [2.05, 4.69) is 41.8 Å². The van der Waals surface area contributed by atoms with Crippen molar-refractivity contribution in [2.45, 2.75) is 51.6 Å². The van der Waals surface area contributed by atoms with Gasteiger partial charge in [0.05, 0.1) is 6.54 Å². The molecule has 0 N–H and O–H groups in total. The number of hydrogen-bond acceptors (Lipinski definition) is 3. The van der Waals surface area contributed by atoms with Gasteiger partial charge in [-0.3, -0.25) is 14.6 Å². The first-order valence-electron chi connectivity index (χ1n) is 9.50. The van der Waals surface area contributed by atoms with E-state index in [4.69, 9.17) is 0 Å². The predicted octanol–water partition coefficient (Wildman–Crippen LogP) is 2.44. The Morgan fingerprint density at radius 3 is 2.79 bits per heavy atom. The fourth-order valence-electron chi connectivity index (χ4n) is 4.27. The van der Waals surface area contributed by atoms with Gasteiger partial charge in [0.2, 0.25) is 5.91 Å². The highest BCUT2D eigenvalue weighted by Crippen LogP contribution is 2.30. The van der Waals surface area contributed by atoms with E-state index in [0.29, 0.717) is 12.6 Å². The van der Waals surface area contributed by atoms with Crippen LogP contribution >= 0.6 is 0 Å². The molecule has 1 unspecified atom stereocenters. The van der Waals surface area contributed by atoms with Gasteiger partial charge < -0.3 is 4.90 Å². The van der Waals surface area contributed by atoms with Gasteiger partial charge >= 0.3 is 0 Å². The Morgan fingerprint density at radius 2 is 2.04 bits per heavy atom. The van der Waals surface area contributed by atoms with Crippen molar-refractivity contribution in [3.63, 3.8) is 0 Å². The molecule has 2 aliphatic heterocycles. The van der Waals surface area contributed by atoms with Crippen molar-refractivity contribution in [3.05, 3.63) is 29.3 Å². The molecule has 1 aromatic carbocycles. The Hall–Kier alpha value is -1.39. The van der Waals surface area contributed by atoms with E-state index in [9.17, 15) is 4.79 Å². The van der Waals surface area contributed by atoms with E-state index < -0.39 is 0 Å². The van der Waals surface area contributed by atoms with Gasteiger partial charge in [0, 0.05) is 44.0 Å². The number of rotatable bonds is 3. The summed E-state index contributed by atoms with van der Waals surface area (Å²) in [7, 11) is 0. The average Bonchev–Trinajstić information content (AvgIpc) is 3.40. The first kappa shape index (κ1) is 16.1. The second-order valence-electron chi connectivity index (χ2n) is 7.83. The first-order valence-corrected chi connectivity index (χ1v) is 9.50. The number of carbonyl (C=O) groups excluding carboxylic acids is 1. The Kier molecular flexibility index (Phi) is 4.35. The molecule has 0 spiro atoms. The Balaban J connectivity index is 1.42. The molecule has 1 saturated carbocycles. The van der Waals surface area contributed by atoms with Crippen LogP contribution in [-0.4, -0.2) is 60.5 Å². The second-order valence-corrected chi connectivity index (χ2v) is 7.83. The van der Waals surface area contributed by atoms with Gasteiger partial charge in [-0.05, 0) is 51.2 Å². The topological polar surface area (TPSA) is 26.8 Å². The molecule has 2 fully saturated rings. The lowest BCUT2D eigenvalue weighted by molar-refractivity contribution is -0.121. The van der Waals surface area contributed by atoms with Crippen LogP contribution in [0.5, 0.6) is 0 Å². The third kappa shape index (κ3) is 3.22. The maximum Gasteiger partial charge on any atom is 0.241 e. The molecule has 1 saturated heterocycles. The highest BCUT2D eigenvalue weighted by Gasteiger charge is 2.35. The van der Waals surface area contributed by atoms with Crippen molar-refractivity contribution in [2.24, 2.45) is 0 Å². The molecule has 4 nitrogen and oxygen atoms in total. The van der Waals surface area contributed by atoms with E-state index >= 15 is 0 Å². The Labute approximate surface area is 145 Å². The number of nitrogens with zero attached hydrogens (tertiary/aromatic N) is 3. The third-order valence-electron chi connectivity index (χ3n) is 5.85. The highest BCUT2D eigenvalue weighted by molar-refractivity contribution is 5.96. The van der Waals surface area contributed by atoms with Gasteiger partial charge in [0.25, 0.3) is 0 Å². The largest absolute Gasteiger partial charge is 0.311 e. The minimum Gasteiger partial charge on any atom is -0.311 e. The zero-order valence-corrected chi connectivity index (χ0v) is 15.0. The van der Waals surface area contributed by atoms with Crippen molar-refractivity contribution < 1.29 is 4.79 Å². The van der Waals surface area contributed by atoms with Crippen LogP contribution in [0.4, 0.5) is 5.69 Å². The maximum atomic E-state index is 13.0. The number of aryl methyl sites for hydroxylation is 2. The quantitative estimate of drug-likeness (QED) is 0.853. The number of benzene rings is 1. The van der Waals surface area contributed by atoms with E-state index in [-0.39, 0.29) is 5.91 Å². The number of hydrogen-bond donors (Lipinski definition) is 0. The molecular weight excluding hydrogens is 298 g/mol. The summed E-state index contributed by atoms with van der Waals surface area (Å²) in [5, 5.41) is 0.